The van der Waals surface area contributed by atoms with Gasteiger partial charge in [-0.15, -0.1) is 11.3 Å². The minimum Gasteiger partial charge on any atom is -0.323 e. The highest BCUT2D eigenvalue weighted by molar-refractivity contribution is 7.12. The molecule has 0 saturated heterocycles. The van der Waals surface area contributed by atoms with Gasteiger partial charge in [-0.2, -0.15) is 0 Å². The summed E-state index contributed by atoms with van der Waals surface area (Å²) < 4.78 is 0. The SMILES string of the molecule is NC(Cc1ccc2c(c1)CCC2)c1cc2c(s1)CCC2. The van der Waals surface area contributed by atoms with Crippen LogP contribution in [0.2, 0.25) is 0 Å². The summed E-state index contributed by atoms with van der Waals surface area (Å²) >= 11 is 1.95. The van der Waals surface area contributed by atoms with Crippen molar-refractivity contribution >= 4 is 11.3 Å². The molecule has 2 aromatic rings. The molecule has 0 spiro atoms. The van der Waals surface area contributed by atoms with Gasteiger partial charge in [0.05, 0.1) is 0 Å². The zero-order valence-corrected chi connectivity index (χ0v) is 12.6. The summed E-state index contributed by atoms with van der Waals surface area (Å²) in [4.78, 5) is 2.97. The van der Waals surface area contributed by atoms with Crippen LogP contribution in [0.5, 0.6) is 0 Å². The number of fused-ring (bicyclic) bond motifs is 2. The first-order valence-corrected chi connectivity index (χ1v) is 8.59. The second-order valence-corrected chi connectivity index (χ2v) is 7.39. The first-order valence-electron chi connectivity index (χ1n) is 7.77. The third kappa shape index (κ3) is 2.21. The van der Waals surface area contributed by atoms with Gasteiger partial charge in [-0.05, 0) is 73.3 Å². The lowest BCUT2D eigenvalue weighted by molar-refractivity contribution is 0.734. The van der Waals surface area contributed by atoms with Gasteiger partial charge >= 0.3 is 0 Å². The standard InChI is InChI=1S/C18H21NS/c19-16(18-11-15-5-2-6-17(15)20-18)10-12-7-8-13-3-1-4-14(13)9-12/h7-9,11,16H,1-6,10,19H2. The van der Waals surface area contributed by atoms with Gasteiger partial charge < -0.3 is 5.73 Å². The van der Waals surface area contributed by atoms with Gasteiger partial charge in [-0.3, -0.25) is 0 Å². The van der Waals surface area contributed by atoms with E-state index in [0.717, 1.165) is 6.42 Å². The molecule has 4 rings (SSSR count). The fraction of sp³-hybridized carbons (Fsp3) is 0.444. The Morgan fingerprint density at radius 2 is 1.75 bits per heavy atom. The van der Waals surface area contributed by atoms with E-state index in [1.165, 1.54) is 49.0 Å². The maximum absolute atomic E-state index is 6.44. The molecule has 0 bridgehead atoms. The van der Waals surface area contributed by atoms with Crippen molar-refractivity contribution in [1.82, 2.24) is 0 Å². The zero-order valence-electron chi connectivity index (χ0n) is 11.8. The van der Waals surface area contributed by atoms with Gasteiger partial charge in [0.1, 0.15) is 0 Å². The molecule has 1 unspecified atom stereocenters. The summed E-state index contributed by atoms with van der Waals surface area (Å²) in [5, 5.41) is 0. The molecule has 1 nitrogen and oxygen atoms in total. The van der Waals surface area contributed by atoms with E-state index < -0.39 is 0 Å². The maximum atomic E-state index is 6.44. The van der Waals surface area contributed by atoms with Crippen LogP contribution in [-0.2, 0) is 32.1 Å². The largest absolute Gasteiger partial charge is 0.323 e. The number of nitrogens with two attached hydrogens (primary N) is 1. The van der Waals surface area contributed by atoms with Crippen molar-refractivity contribution in [3.05, 3.63) is 56.3 Å². The molecule has 0 amide bonds. The van der Waals surface area contributed by atoms with E-state index in [-0.39, 0.29) is 6.04 Å². The summed E-state index contributed by atoms with van der Waals surface area (Å²) in [6.07, 6.45) is 8.69. The van der Waals surface area contributed by atoms with Crippen molar-refractivity contribution in [2.45, 2.75) is 51.0 Å². The highest BCUT2D eigenvalue weighted by Gasteiger charge is 2.19. The molecule has 1 aromatic carbocycles. The fourth-order valence-corrected chi connectivity index (χ4v) is 4.90. The first-order chi connectivity index (χ1) is 9.79. The summed E-state index contributed by atoms with van der Waals surface area (Å²) in [7, 11) is 0. The molecule has 2 aliphatic rings. The highest BCUT2D eigenvalue weighted by atomic mass is 32.1. The van der Waals surface area contributed by atoms with Gasteiger partial charge in [-0.25, -0.2) is 0 Å². The number of hydrogen-bond acceptors (Lipinski definition) is 2. The van der Waals surface area contributed by atoms with Crippen molar-refractivity contribution in [1.29, 1.82) is 0 Å². The fourth-order valence-electron chi connectivity index (χ4n) is 3.64. The monoisotopic (exact) mass is 283 g/mol. The van der Waals surface area contributed by atoms with Gasteiger partial charge in [0, 0.05) is 15.8 Å². The van der Waals surface area contributed by atoms with E-state index in [9.17, 15) is 0 Å². The van der Waals surface area contributed by atoms with Crippen molar-refractivity contribution in [3.8, 4) is 0 Å². The molecular formula is C18H21NS. The van der Waals surface area contributed by atoms with Gasteiger partial charge in [-0.1, -0.05) is 18.2 Å². The van der Waals surface area contributed by atoms with Gasteiger partial charge in [0.15, 0.2) is 0 Å². The van der Waals surface area contributed by atoms with E-state index in [1.54, 1.807) is 21.6 Å². The second-order valence-electron chi connectivity index (χ2n) is 6.22. The van der Waals surface area contributed by atoms with E-state index in [0.29, 0.717) is 0 Å². The molecule has 104 valence electrons. The van der Waals surface area contributed by atoms with E-state index in [1.807, 2.05) is 11.3 Å². The predicted molar refractivity (Wildman–Crippen MR) is 85.4 cm³/mol. The van der Waals surface area contributed by atoms with Gasteiger partial charge in [0.25, 0.3) is 0 Å². The molecule has 1 aromatic heterocycles. The Morgan fingerprint density at radius 1 is 0.950 bits per heavy atom. The predicted octanol–water partition coefficient (Wildman–Crippen LogP) is 3.97. The topological polar surface area (TPSA) is 26.0 Å². The lowest BCUT2D eigenvalue weighted by atomic mass is 10.0. The Kier molecular flexibility index (Phi) is 3.16. The summed E-state index contributed by atoms with van der Waals surface area (Å²) in [5.74, 6) is 0. The smallest absolute Gasteiger partial charge is 0.0430 e. The lowest BCUT2D eigenvalue weighted by Crippen LogP contribution is -2.12. The van der Waals surface area contributed by atoms with Crippen LogP contribution >= 0.6 is 11.3 Å². The van der Waals surface area contributed by atoms with Crippen LogP contribution < -0.4 is 5.73 Å². The molecule has 2 N–H and O–H groups in total. The summed E-state index contributed by atoms with van der Waals surface area (Å²) in [6, 6.07) is 9.53. The first kappa shape index (κ1) is 12.6. The summed E-state index contributed by atoms with van der Waals surface area (Å²) in [5.41, 5.74) is 12.5. The molecule has 2 heteroatoms. The Balaban J connectivity index is 1.53. The number of rotatable bonds is 3. The van der Waals surface area contributed by atoms with Crippen molar-refractivity contribution in [2.24, 2.45) is 5.73 Å². The summed E-state index contributed by atoms with van der Waals surface area (Å²) in [6.45, 7) is 0. The Hall–Kier alpha value is -1.12. The molecule has 20 heavy (non-hydrogen) atoms. The van der Waals surface area contributed by atoms with Crippen LogP contribution in [0, 0.1) is 0 Å². The Bertz CT molecular complexity index is 619. The number of aryl methyl sites for hydroxylation is 4. The third-order valence-electron chi connectivity index (χ3n) is 4.75. The quantitative estimate of drug-likeness (QED) is 0.906. The minimum absolute atomic E-state index is 0.171. The number of hydrogen-bond donors (Lipinski definition) is 1. The van der Waals surface area contributed by atoms with E-state index in [4.69, 9.17) is 5.73 Å². The molecule has 1 heterocycles. The molecule has 0 fully saturated rings. The van der Waals surface area contributed by atoms with E-state index >= 15 is 0 Å². The molecule has 0 aliphatic heterocycles. The Morgan fingerprint density at radius 3 is 2.65 bits per heavy atom. The molecule has 0 saturated carbocycles. The van der Waals surface area contributed by atoms with Crippen LogP contribution in [0.4, 0.5) is 0 Å². The lowest BCUT2D eigenvalue weighted by Gasteiger charge is -2.11. The average Bonchev–Trinajstić information content (AvgIpc) is 3.12. The third-order valence-corrected chi connectivity index (χ3v) is 6.12. The van der Waals surface area contributed by atoms with Gasteiger partial charge in [0.2, 0.25) is 0 Å². The van der Waals surface area contributed by atoms with Crippen molar-refractivity contribution in [3.63, 3.8) is 0 Å². The molecule has 0 radical (unpaired) electrons. The van der Waals surface area contributed by atoms with Crippen LogP contribution in [0.3, 0.4) is 0 Å². The highest BCUT2D eigenvalue weighted by Crippen LogP contribution is 2.34. The average molecular weight is 283 g/mol. The van der Waals surface area contributed by atoms with Crippen molar-refractivity contribution < 1.29 is 0 Å². The zero-order chi connectivity index (χ0) is 13.5. The van der Waals surface area contributed by atoms with Crippen molar-refractivity contribution in [2.75, 3.05) is 0 Å². The molecular weight excluding hydrogens is 262 g/mol. The van der Waals surface area contributed by atoms with E-state index in [2.05, 4.69) is 24.3 Å². The van der Waals surface area contributed by atoms with Crippen LogP contribution in [0.15, 0.2) is 24.3 Å². The van der Waals surface area contributed by atoms with Crippen LogP contribution in [0.25, 0.3) is 0 Å². The minimum atomic E-state index is 0.171. The maximum Gasteiger partial charge on any atom is 0.0430 e. The molecule has 2 aliphatic carbocycles. The normalized spacial score (nSPS) is 18.1. The Labute approximate surface area is 124 Å². The van der Waals surface area contributed by atoms with Crippen LogP contribution in [-0.4, -0.2) is 0 Å². The number of thiophene rings is 1. The van der Waals surface area contributed by atoms with Crippen LogP contribution in [0.1, 0.15) is 50.9 Å². The second kappa shape index (κ2) is 5.01. The number of benzene rings is 1. The molecule has 1 atom stereocenters.